The van der Waals surface area contributed by atoms with E-state index in [0.717, 1.165) is 27.7 Å². The Morgan fingerprint density at radius 2 is 1.45 bits per heavy atom. The summed E-state index contributed by atoms with van der Waals surface area (Å²) in [5.41, 5.74) is 13.7. The van der Waals surface area contributed by atoms with E-state index in [1.54, 1.807) is 0 Å². The van der Waals surface area contributed by atoms with E-state index in [4.69, 9.17) is 20.5 Å². The molecule has 3 aromatic rings. The van der Waals surface area contributed by atoms with E-state index in [2.05, 4.69) is 90.7 Å². The zero-order chi connectivity index (χ0) is 29.9. The van der Waals surface area contributed by atoms with E-state index in [1.807, 2.05) is 58.9 Å². The molecule has 0 bridgehead atoms. The molecule has 0 atom stereocenters. The van der Waals surface area contributed by atoms with Crippen molar-refractivity contribution in [2.24, 2.45) is 0 Å². The Morgan fingerprint density at radius 1 is 0.881 bits per heavy atom. The molecule has 3 nitrogen and oxygen atoms in total. The Balaban J connectivity index is 1.46. The zero-order valence-corrected chi connectivity index (χ0v) is 25.0. The van der Waals surface area contributed by atoms with Crippen LogP contribution in [0.25, 0.3) is 27.8 Å². The number of allylic oxidation sites excluding steroid dienone is 4. The van der Waals surface area contributed by atoms with Crippen molar-refractivity contribution in [1.82, 2.24) is 0 Å². The summed E-state index contributed by atoms with van der Waals surface area (Å²) >= 11 is 0. The van der Waals surface area contributed by atoms with Crippen LogP contribution in [0.1, 0.15) is 40.2 Å². The largest absolute Gasteiger partial charge is 0.493 e. The summed E-state index contributed by atoms with van der Waals surface area (Å²) in [5.74, 6) is 3.25. The summed E-state index contributed by atoms with van der Waals surface area (Å²) in [5, 5.41) is 0. The topological polar surface area (TPSA) is 27.7 Å². The molecule has 1 saturated heterocycles. The van der Waals surface area contributed by atoms with Crippen LogP contribution >= 0.6 is 0 Å². The van der Waals surface area contributed by atoms with E-state index >= 15 is 0 Å². The van der Waals surface area contributed by atoms with Crippen LogP contribution in [0.3, 0.4) is 0 Å². The van der Waals surface area contributed by atoms with Crippen LogP contribution < -0.4 is 0 Å². The first-order valence-corrected chi connectivity index (χ1v) is 14.2. The lowest BCUT2D eigenvalue weighted by Gasteiger charge is -2.32. The summed E-state index contributed by atoms with van der Waals surface area (Å²) in [6.45, 7) is 14.4. The van der Waals surface area contributed by atoms with Crippen LogP contribution in [0.15, 0.2) is 131 Å². The Kier molecular flexibility index (Phi) is 8.15. The average molecular weight is 551 g/mol. The van der Waals surface area contributed by atoms with Gasteiger partial charge in [0.2, 0.25) is 0 Å². The normalized spacial score (nSPS) is 17.2. The van der Waals surface area contributed by atoms with Gasteiger partial charge in [0.05, 0.1) is 16.8 Å². The van der Waals surface area contributed by atoms with E-state index in [1.165, 1.54) is 11.1 Å². The molecule has 0 unspecified atom stereocenters. The third-order valence-electron chi connectivity index (χ3n) is 8.17. The maximum Gasteiger partial charge on any atom is 0.493 e. The fourth-order valence-corrected chi connectivity index (χ4v) is 4.88. The lowest BCUT2D eigenvalue weighted by atomic mass is 9.78. The molecule has 0 saturated carbocycles. The van der Waals surface area contributed by atoms with Crippen LogP contribution in [-0.2, 0) is 14.0 Å². The van der Waals surface area contributed by atoms with Gasteiger partial charge < -0.3 is 14.0 Å². The first kappa shape index (κ1) is 29.0. The minimum absolute atomic E-state index is 0.254. The fraction of sp³-hybridized carbons (Fsp3) is 0.211. The Hall–Kier alpha value is -4.48. The molecule has 0 amide bonds. The first-order chi connectivity index (χ1) is 20.1. The number of terminal acetylenes is 1. The molecule has 1 heterocycles. The molecule has 1 aliphatic heterocycles. The van der Waals surface area contributed by atoms with Gasteiger partial charge in [0, 0.05) is 17.2 Å². The van der Waals surface area contributed by atoms with Gasteiger partial charge in [-0.15, -0.1) is 6.42 Å². The second-order valence-electron chi connectivity index (χ2n) is 11.4. The standard InChI is InChI=1S/C38H35BO3/c1-8-27(3)34-19-14-20-35(36(34)40-26-33(9-2)39-41-37(4,5)38(6,7)42-39)32-18-13-17-31(25-32)30-23-21-29(22-24-30)28-15-11-10-12-16-28/h1,9-13,15-18,20-25H,3,26H2,2,4-7H3/b33-9+. The minimum atomic E-state index is -0.510. The van der Waals surface area contributed by atoms with Gasteiger partial charge in [0.15, 0.2) is 0 Å². The van der Waals surface area contributed by atoms with Gasteiger partial charge in [-0.1, -0.05) is 103 Å². The number of benzene rings is 3. The maximum absolute atomic E-state index is 6.52. The summed E-state index contributed by atoms with van der Waals surface area (Å²) in [4.78, 5) is 0. The highest BCUT2D eigenvalue weighted by Crippen LogP contribution is 2.39. The molecule has 5 rings (SSSR count). The lowest BCUT2D eigenvalue weighted by Crippen LogP contribution is -2.41. The zero-order valence-electron chi connectivity index (χ0n) is 25.0. The molecular weight excluding hydrogens is 515 g/mol. The van der Waals surface area contributed by atoms with Gasteiger partial charge in [0.25, 0.3) is 0 Å². The molecule has 1 fully saturated rings. The summed E-state index contributed by atoms with van der Waals surface area (Å²) in [7, 11) is -0.510. The summed E-state index contributed by atoms with van der Waals surface area (Å²) in [6.07, 6.45) is 9.63. The monoisotopic (exact) mass is 550 g/mol. The highest BCUT2D eigenvalue weighted by molar-refractivity contribution is 6.54. The molecule has 4 heteroatoms. The molecule has 0 aromatic heterocycles. The van der Waals surface area contributed by atoms with E-state index in [9.17, 15) is 0 Å². The molecule has 3 aromatic carbocycles. The van der Waals surface area contributed by atoms with Crippen LogP contribution in [0.2, 0.25) is 0 Å². The lowest BCUT2D eigenvalue weighted by molar-refractivity contribution is 0.00578. The molecule has 42 heavy (non-hydrogen) atoms. The van der Waals surface area contributed by atoms with Crippen molar-refractivity contribution < 1.29 is 14.0 Å². The van der Waals surface area contributed by atoms with Gasteiger partial charge in [-0.2, -0.15) is 0 Å². The quantitative estimate of drug-likeness (QED) is 0.159. The third kappa shape index (κ3) is 5.79. The predicted octanol–water partition coefficient (Wildman–Crippen LogP) is 8.77. The molecular formula is C38H35BO3. The Morgan fingerprint density at radius 3 is 2.07 bits per heavy atom. The first-order valence-electron chi connectivity index (χ1n) is 14.2. The number of rotatable bonds is 8. The van der Waals surface area contributed by atoms with Crippen molar-refractivity contribution in [3.8, 4) is 34.6 Å². The van der Waals surface area contributed by atoms with Gasteiger partial charge in [0.1, 0.15) is 12.4 Å². The molecule has 0 N–H and O–H groups in total. The second-order valence-corrected chi connectivity index (χ2v) is 11.4. The van der Waals surface area contributed by atoms with E-state index in [-0.39, 0.29) is 6.61 Å². The second kappa shape index (κ2) is 11.8. The van der Waals surface area contributed by atoms with Gasteiger partial charge in [-0.25, -0.2) is 0 Å². The number of hydrogen-bond donors (Lipinski definition) is 0. The number of ether oxygens (including phenoxy) is 1. The SMILES string of the molecule is C#CC(=C)C1=C=C=CC(c2cccc(-c3ccc(-c4ccccc4)cc3)c2)=C1OC/C(=C\C)B1OC(C)(C)C(C)(C)O1. The Bertz CT molecular complexity index is 1700. The van der Waals surface area contributed by atoms with Gasteiger partial charge in [-0.3, -0.25) is 0 Å². The van der Waals surface area contributed by atoms with Gasteiger partial charge >= 0.3 is 7.12 Å². The maximum atomic E-state index is 6.52. The fourth-order valence-electron chi connectivity index (χ4n) is 4.88. The molecule has 0 spiro atoms. The van der Waals surface area contributed by atoms with Crippen molar-refractivity contribution in [2.45, 2.75) is 45.8 Å². The Labute approximate surface area is 250 Å². The van der Waals surface area contributed by atoms with Crippen molar-refractivity contribution in [3.05, 3.63) is 137 Å². The van der Waals surface area contributed by atoms with Crippen molar-refractivity contribution in [3.63, 3.8) is 0 Å². The summed E-state index contributed by atoms with van der Waals surface area (Å²) in [6, 6.07) is 27.4. The molecule has 0 radical (unpaired) electrons. The highest BCUT2D eigenvalue weighted by atomic mass is 16.7. The van der Waals surface area contributed by atoms with Crippen LogP contribution in [0, 0.1) is 12.3 Å². The highest BCUT2D eigenvalue weighted by Gasteiger charge is 2.52. The minimum Gasteiger partial charge on any atom is -0.488 e. The van der Waals surface area contributed by atoms with E-state index in [0.29, 0.717) is 16.9 Å². The van der Waals surface area contributed by atoms with Gasteiger partial charge in [-0.05, 0) is 74.0 Å². The predicted molar refractivity (Wildman–Crippen MR) is 173 cm³/mol. The molecule has 2 aliphatic rings. The van der Waals surface area contributed by atoms with Crippen LogP contribution in [0.5, 0.6) is 0 Å². The van der Waals surface area contributed by atoms with Crippen LogP contribution in [-0.4, -0.2) is 24.9 Å². The van der Waals surface area contributed by atoms with Crippen molar-refractivity contribution >= 4 is 12.7 Å². The van der Waals surface area contributed by atoms with E-state index < -0.39 is 18.3 Å². The van der Waals surface area contributed by atoms with Crippen molar-refractivity contribution in [1.29, 1.82) is 0 Å². The smallest absolute Gasteiger partial charge is 0.488 e. The average Bonchev–Trinajstić information content (AvgIpc) is 3.23. The van der Waals surface area contributed by atoms with Crippen LogP contribution in [0.4, 0.5) is 0 Å². The number of hydrogen-bond acceptors (Lipinski definition) is 3. The third-order valence-corrected chi connectivity index (χ3v) is 8.17. The molecule has 208 valence electrons. The van der Waals surface area contributed by atoms with Crippen molar-refractivity contribution in [2.75, 3.05) is 6.61 Å². The molecule has 1 aliphatic carbocycles. The summed E-state index contributed by atoms with van der Waals surface area (Å²) < 4.78 is 19.1.